The monoisotopic (exact) mass is 429 g/mol. The lowest BCUT2D eigenvalue weighted by atomic mass is 10.3. The zero-order chi connectivity index (χ0) is 15.3. The lowest BCUT2D eigenvalue weighted by Crippen LogP contribution is -2.35. The fourth-order valence-electron chi connectivity index (χ4n) is 1.76. The van der Waals surface area contributed by atoms with E-state index in [-0.39, 0.29) is 41.2 Å². The molecule has 0 spiro atoms. The number of benzene rings is 1. The van der Waals surface area contributed by atoms with Crippen molar-refractivity contribution in [2.24, 2.45) is 4.99 Å². The van der Waals surface area contributed by atoms with Crippen molar-refractivity contribution in [3.63, 3.8) is 0 Å². The van der Waals surface area contributed by atoms with Gasteiger partial charge in [0, 0.05) is 28.2 Å². The molecule has 0 aliphatic heterocycles. The van der Waals surface area contributed by atoms with Crippen LogP contribution in [0.2, 0.25) is 0 Å². The van der Waals surface area contributed by atoms with Gasteiger partial charge in [-0.05, 0) is 12.1 Å². The SMILES string of the molecule is CN(C)C(=NCCS(=O)(=O)c1ccccc1F)N(C)C.I. The predicted octanol–water partition coefficient (Wildman–Crippen LogP) is 1.70. The van der Waals surface area contributed by atoms with Crippen molar-refractivity contribution in [2.45, 2.75) is 4.90 Å². The molecule has 1 aromatic rings. The van der Waals surface area contributed by atoms with Crippen molar-refractivity contribution in [1.29, 1.82) is 0 Å². The molecule has 0 unspecified atom stereocenters. The smallest absolute Gasteiger partial charge is 0.195 e. The van der Waals surface area contributed by atoms with Crippen LogP contribution in [0.4, 0.5) is 4.39 Å². The number of rotatable bonds is 4. The number of nitrogens with zero attached hydrogens (tertiary/aromatic N) is 3. The minimum absolute atomic E-state index is 0. The first-order valence-electron chi connectivity index (χ1n) is 6.12. The van der Waals surface area contributed by atoms with E-state index in [1.54, 1.807) is 9.80 Å². The second kappa shape index (κ2) is 8.52. The summed E-state index contributed by atoms with van der Waals surface area (Å²) >= 11 is 0. The Labute approximate surface area is 142 Å². The molecule has 8 heteroatoms. The predicted molar refractivity (Wildman–Crippen MR) is 93.5 cm³/mol. The maximum absolute atomic E-state index is 13.5. The number of hydrogen-bond acceptors (Lipinski definition) is 3. The summed E-state index contributed by atoms with van der Waals surface area (Å²) in [4.78, 5) is 7.53. The van der Waals surface area contributed by atoms with Gasteiger partial charge in [0.25, 0.3) is 0 Å². The Bertz CT molecular complexity index is 579. The molecule has 0 heterocycles. The summed E-state index contributed by atoms with van der Waals surface area (Å²) in [6.45, 7) is 0.0857. The van der Waals surface area contributed by atoms with Gasteiger partial charge in [0.1, 0.15) is 10.7 Å². The van der Waals surface area contributed by atoms with Gasteiger partial charge in [-0.15, -0.1) is 24.0 Å². The summed E-state index contributed by atoms with van der Waals surface area (Å²) in [5.74, 6) is -0.287. The first-order chi connectivity index (χ1) is 9.25. The second-order valence-electron chi connectivity index (χ2n) is 4.72. The van der Waals surface area contributed by atoms with Crippen LogP contribution < -0.4 is 0 Å². The number of halogens is 2. The first-order valence-corrected chi connectivity index (χ1v) is 7.77. The highest BCUT2D eigenvalue weighted by Crippen LogP contribution is 2.15. The third-order valence-corrected chi connectivity index (χ3v) is 4.31. The van der Waals surface area contributed by atoms with Gasteiger partial charge in [-0.1, -0.05) is 12.1 Å². The highest BCUT2D eigenvalue weighted by Gasteiger charge is 2.18. The number of guanidine groups is 1. The van der Waals surface area contributed by atoms with Crippen molar-refractivity contribution in [3.8, 4) is 0 Å². The Kier molecular flexibility index (Phi) is 8.16. The molecule has 21 heavy (non-hydrogen) atoms. The van der Waals surface area contributed by atoms with Gasteiger partial charge in [0.15, 0.2) is 15.8 Å². The molecule has 1 rings (SSSR count). The summed E-state index contributed by atoms with van der Waals surface area (Å²) in [6.07, 6.45) is 0. The van der Waals surface area contributed by atoms with Gasteiger partial charge in [0.05, 0.1) is 12.3 Å². The van der Waals surface area contributed by atoms with Crippen molar-refractivity contribution in [3.05, 3.63) is 30.1 Å². The largest absolute Gasteiger partial charge is 0.349 e. The van der Waals surface area contributed by atoms with E-state index in [1.165, 1.54) is 18.2 Å². The number of hydrogen-bond donors (Lipinski definition) is 0. The Morgan fingerprint density at radius 1 is 1.14 bits per heavy atom. The molecule has 0 saturated heterocycles. The third-order valence-electron chi connectivity index (χ3n) is 2.58. The van der Waals surface area contributed by atoms with E-state index in [9.17, 15) is 12.8 Å². The molecular weight excluding hydrogens is 408 g/mol. The highest BCUT2D eigenvalue weighted by molar-refractivity contribution is 14.0. The fourth-order valence-corrected chi connectivity index (χ4v) is 2.96. The Hall–Kier alpha value is -0.900. The van der Waals surface area contributed by atoms with E-state index < -0.39 is 15.7 Å². The number of sulfone groups is 1. The van der Waals surface area contributed by atoms with Crippen LogP contribution in [-0.4, -0.2) is 64.7 Å². The minimum atomic E-state index is -3.66. The van der Waals surface area contributed by atoms with E-state index in [0.29, 0.717) is 5.96 Å². The molecule has 0 radical (unpaired) electrons. The lowest BCUT2D eigenvalue weighted by molar-refractivity contribution is 0.480. The standard InChI is InChI=1S/C13H20FN3O2S.HI/c1-16(2)13(17(3)4)15-9-10-20(18,19)12-8-6-5-7-11(12)14;/h5-8H,9-10H2,1-4H3;1H. The zero-order valence-corrected chi connectivity index (χ0v) is 15.7. The van der Waals surface area contributed by atoms with Crippen LogP contribution >= 0.6 is 24.0 Å². The van der Waals surface area contributed by atoms with Crippen LogP contribution in [0.1, 0.15) is 0 Å². The summed E-state index contributed by atoms with van der Waals surface area (Å²) < 4.78 is 37.6. The van der Waals surface area contributed by atoms with Gasteiger partial charge in [-0.3, -0.25) is 4.99 Å². The van der Waals surface area contributed by atoms with Crippen LogP contribution in [-0.2, 0) is 9.84 Å². The summed E-state index contributed by atoms with van der Waals surface area (Å²) in [5.41, 5.74) is 0. The average Bonchev–Trinajstić information content (AvgIpc) is 2.34. The molecule has 0 fully saturated rings. The van der Waals surface area contributed by atoms with Crippen molar-refractivity contribution in [2.75, 3.05) is 40.5 Å². The normalized spacial score (nSPS) is 10.5. The summed E-state index contributed by atoms with van der Waals surface area (Å²) in [7, 11) is 3.64. The lowest BCUT2D eigenvalue weighted by Gasteiger charge is -2.22. The minimum Gasteiger partial charge on any atom is -0.349 e. The van der Waals surface area contributed by atoms with E-state index in [1.807, 2.05) is 28.2 Å². The van der Waals surface area contributed by atoms with Gasteiger partial charge < -0.3 is 9.80 Å². The molecule has 0 N–H and O–H groups in total. The van der Waals surface area contributed by atoms with Crippen molar-refractivity contribution in [1.82, 2.24) is 9.80 Å². The van der Waals surface area contributed by atoms with Crippen LogP contribution in [0, 0.1) is 5.82 Å². The molecule has 0 saturated carbocycles. The van der Waals surface area contributed by atoms with Gasteiger partial charge >= 0.3 is 0 Å². The van der Waals surface area contributed by atoms with E-state index in [0.717, 1.165) is 6.07 Å². The summed E-state index contributed by atoms with van der Waals surface area (Å²) in [5, 5.41) is 0. The second-order valence-corrected chi connectivity index (χ2v) is 6.80. The molecule has 5 nitrogen and oxygen atoms in total. The van der Waals surface area contributed by atoms with Gasteiger partial charge in [-0.2, -0.15) is 0 Å². The Balaban J connectivity index is 0.00000400. The summed E-state index contributed by atoms with van der Waals surface area (Å²) in [6, 6.07) is 5.38. The van der Waals surface area contributed by atoms with E-state index in [4.69, 9.17) is 0 Å². The molecular formula is C13H21FIN3O2S. The van der Waals surface area contributed by atoms with Crippen LogP contribution in [0.15, 0.2) is 34.2 Å². The number of aliphatic imine (C=N–C) groups is 1. The first kappa shape index (κ1) is 20.1. The van der Waals surface area contributed by atoms with Gasteiger partial charge in [-0.25, -0.2) is 12.8 Å². The van der Waals surface area contributed by atoms with Gasteiger partial charge in [0.2, 0.25) is 0 Å². The Morgan fingerprint density at radius 2 is 1.67 bits per heavy atom. The average molecular weight is 429 g/mol. The van der Waals surface area contributed by atoms with Crippen molar-refractivity contribution < 1.29 is 12.8 Å². The maximum atomic E-state index is 13.5. The molecule has 0 aromatic heterocycles. The Morgan fingerprint density at radius 3 is 2.14 bits per heavy atom. The molecule has 0 bridgehead atoms. The van der Waals surface area contributed by atoms with Crippen molar-refractivity contribution >= 4 is 39.8 Å². The molecule has 0 amide bonds. The molecule has 0 aliphatic rings. The van der Waals surface area contributed by atoms with E-state index in [2.05, 4.69) is 4.99 Å². The fraction of sp³-hybridized carbons (Fsp3) is 0.462. The maximum Gasteiger partial charge on any atom is 0.195 e. The molecule has 120 valence electrons. The molecule has 0 aliphatic carbocycles. The quantitative estimate of drug-likeness (QED) is 0.416. The topological polar surface area (TPSA) is 53.0 Å². The highest BCUT2D eigenvalue weighted by atomic mass is 127. The van der Waals surface area contributed by atoms with E-state index >= 15 is 0 Å². The molecule has 1 aromatic carbocycles. The zero-order valence-electron chi connectivity index (χ0n) is 12.6. The molecule has 0 atom stereocenters. The third kappa shape index (κ3) is 5.77. The van der Waals surface area contributed by atoms with Crippen LogP contribution in [0.3, 0.4) is 0 Å². The van der Waals surface area contributed by atoms with Crippen LogP contribution in [0.25, 0.3) is 0 Å². The van der Waals surface area contributed by atoms with Crippen LogP contribution in [0.5, 0.6) is 0 Å².